The minimum absolute atomic E-state index is 0.0179. The van der Waals surface area contributed by atoms with Crippen LogP contribution in [-0.2, 0) is 10.2 Å². The summed E-state index contributed by atoms with van der Waals surface area (Å²) < 4.78 is 6.01. The molecule has 136 valence electrons. The summed E-state index contributed by atoms with van der Waals surface area (Å²) in [7, 11) is 0. The molecule has 27 heavy (non-hydrogen) atoms. The molecule has 0 bridgehead atoms. The van der Waals surface area contributed by atoms with Crippen molar-refractivity contribution in [3.8, 4) is 5.75 Å². The van der Waals surface area contributed by atoms with Crippen molar-refractivity contribution in [2.75, 3.05) is 18.1 Å². The summed E-state index contributed by atoms with van der Waals surface area (Å²) in [5.74, 6) is 0.816. The lowest BCUT2D eigenvalue weighted by molar-refractivity contribution is -0.121. The number of hydrogen-bond donors (Lipinski definition) is 0. The highest BCUT2D eigenvalue weighted by molar-refractivity contribution is 6.15. The molecule has 0 saturated carbocycles. The van der Waals surface area contributed by atoms with Crippen molar-refractivity contribution in [3.63, 3.8) is 0 Å². The third-order valence-electron chi connectivity index (χ3n) is 5.58. The molecule has 2 aromatic carbocycles. The van der Waals surface area contributed by atoms with Gasteiger partial charge >= 0.3 is 0 Å². The van der Waals surface area contributed by atoms with Gasteiger partial charge in [0, 0.05) is 17.5 Å². The van der Waals surface area contributed by atoms with Crippen LogP contribution in [-0.4, -0.2) is 24.8 Å². The zero-order chi connectivity index (χ0) is 19.2. The van der Waals surface area contributed by atoms with Gasteiger partial charge in [0.15, 0.2) is 0 Å². The van der Waals surface area contributed by atoms with Crippen LogP contribution in [0.1, 0.15) is 22.3 Å². The molecular formula is C23H22N2O2. The monoisotopic (exact) mass is 358 g/mol. The van der Waals surface area contributed by atoms with Crippen molar-refractivity contribution in [1.29, 1.82) is 0 Å². The van der Waals surface area contributed by atoms with Gasteiger partial charge in [0.05, 0.1) is 12.3 Å². The van der Waals surface area contributed by atoms with Gasteiger partial charge in [0.25, 0.3) is 0 Å². The number of ether oxygens (including phenoxy) is 1. The van der Waals surface area contributed by atoms with E-state index in [2.05, 4.69) is 38.1 Å². The van der Waals surface area contributed by atoms with Gasteiger partial charge in [-0.1, -0.05) is 37.4 Å². The molecule has 2 heterocycles. The molecule has 0 fully saturated rings. The summed E-state index contributed by atoms with van der Waals surface area (Å²) in [5.41, 5.74) is 5.05. The van der Waals surface area contributed by atoms with Gasteiger partial charge in [0.2, 0.25) is 5.91 Å². The molecule has 1 amide bonds. The fourth-order valence-corrected chi connectivity index (χ4v) is 4.03. The average Bonchev–Trinajstić information content (AvgIpc) is 3.14. The molecule has 0 aliphatic carbocycles. The topological polar surface area (TPSA) is 41.9 Å². The van der Waals surface area contributed by atoms with Crippen LogP contribution in [0, 0.1) is 13.8 Å². The fourth-order valence-electron chi connectivity index (χ4n) is 4.03. The highest BCUT2D eigenvalue weighted by Gasteiger charge is 2.56. The van der Waals surface area contributed by atoms with Gasteiger partial charge in [-0.25, -0.2) is 0 Å². The van der Waals surface area contributed by atoms with E-state index in [9.17, 15) is 4.79 Å². The van der Waals surface area contributed by atoms with Gasteiger partial charge in [-0.05, 0) is 48.7 Å². The Hall–Kier alpha value is -3.14. The minimum Gasteiger partial charge on any atom is -0.491 e. The molecule has 1 spiro atoms. The number of carbonyl (C=O) groups excluding carboxylic acids is 1. The Morgan fingerprint density at radius 2 is 1.96 bits per heavy atom. The second-order valence-electron chi connectivity index (χ2n) is 7.04. The first-order valence-corrected chi connectivity index (χ1v) is 8.99. The van der Waals surface area contributed by atoms with Crippen LogP contribution in [0.5, 0.6) is 5.75 Å². The van der Waals surface area contributed by atoms with Crippen molar-refractivity contribution in [3.05, 3.63) is 84.1 Å². The quantitative estimate of drug-likeness (QED) is 0.772. The average molecular weight is 358 g/mol. The van der Waals surface area contributed by atoms with E-state index in [1.165, 1.54) is 6.20 Å². The Morgan fingerprint density at radius 1 is 1.22 bits per heavy atom. The van der Waals surface area contributed by atoms with Crippen molar-refractivity contribution >= 4 is 17.3 Å². The van der Waals surface area contributed by atoms with E-state index in [-0.39, 0.29) is 5.91 Å². The first kappa shape index (κ1) is 17.3. The van der Waals surface area contributed by atoms with E-state index in [1.807, 2.05) is 30.3 Å². The van der Waals surface area contributed by atoms with Gasteiger partial charge in [-0.2, -0.15) is 0 Å². The molecule has 4 nitrogen and oxygen atoms in total. The number of aliphatic imine (C=N–C) groups is 1. The van der Waals surface area contributed by atoms with Gasteiger partial charge < -0.3 is 9.64 Å². The highest BCUT2D eigenvalue weighted by atomic mass is 16.5. The first-order valence-electron chi connectivity index (χ1n) is 8.99. The molecule has 0 saturated heterocycles. The molecule has 0 radical (unpaired) electrons. The molecular weight excluding hydrogens is 336 g/mol. The lowest BCUT2D eigenvalue weighted by Crippen LogP contribution is -2.44. The molecule has 1 unspecified atom stereocenters. The third-order valence-corrected chi connectivity index (χ3v) is 5.58. The molecule has 0 N–H and O–H groups in total. The number of para-hydroxylation sites is 1. The number of aryl methyl sites for hydroxylation is 2. The van der Waals surface area contributed by atoms with E-state index in [4.69, 9.17) is 4.74 Å². The van der Waals surface area contributed by atoms with Crippen molar-refractivity contribution in [2.45, 2.75) is 19.3 Å². The fraction of sp³-hybridized carbons (Fsp3) is 0.217. The summed E-state index contributed by atoms with van der Waals surface area (Å²) >= 11 is 0. The SMILES string of the molecule is C=CN=C(C=C)CN1C(=O)C2(COc3cc(C)c(C)cc32)c2ccccc21. The van der Waals surface area contributed by atoms with E-state index in [1.54, 1.807) is 11.0 Å². The Morgan fingerprint density at radius 3 is 2.70 bits per heavy atom. The second-order valence-corrected chi connectivity index (χ2v) is 7.04. The van der Waals surface area contributed by atoms with Crippen molar-refractivity contribution < 1.29 is 9.53 Å². The zero-order valence-electron chi connectivity index (χ0n) is 15.7. The highest BCUT2D eigenvalue weighted by Crippen LogP contribution is 2.52. The molecule has 2 aliphatic rings. The lowest BCUT2D eigenvalue weighted by atomic mass is 9.76. The molecule has 4 heteroatoms. The predicted octanol–water partition coefficient (Wildman–Crippen LogP) is 4.10. The second kappa shape index (κ2) is 6.23. The Balaban J connectivity index is 1.89. The van der Waals surface area contributed by atoms with E-state index < -0.39 is 5.41 Å². The van der Waals surface area contributed by atoms with E-state index in [0.29, 0.717) is 18.9 Å². The number of hydrogen-bond acceptors (Lipinski definition) is 3. The summed E-state index contributed by atoms with van der Waals surface area (Å²) in [6, 6.07) is 12.1. The number of benzene rings is 2. The van der Waals surface area contributed by atoms with E-state index >= 15 is 0 Å². The normalized spacial score (nSPS) is 20.4. The molecule has 2 aromatic rings. The number of fused-ring (bicyclic) bond motifs is 4. The number of rotatable bonds is 4. The molecule has 1 atom stereocenters. The van der Waals surface area contributed by atoms with Crippen molar-refractivity contribution in [1.82, 2.24) is 0 Å². The zero-order valence-corrected chi connectivity index (χ0v) is 15.7. The Kier molecular flexibility index (Phi) is 3.99. The van der Waals surface area contributed by atoms with Gasteiger partial charge in [-0.15, -0.1) is 0 Å². The van der Waals surface area contributed by atoms with Gasteiger partial charge in [-0.3, -0.25) is 9.79 Å². The van der Waals surface area contributed by atoms with Crippen LogP contribution in [0.25, 0.3) is 0 Å². The summed E-state index contributed by atoms with van der Waals surface area (Å²) in [6.45, 7) is 12.3. The number of anilines is 1. The summed E-state index contributed by atoms with van der Waals surface area (Å²) in [6.07, 6.45) is 3.13. The molecule has 4 rings (SSSR count). The lowest BCUT2D eigenvalue weighted by Gasteiger charge is -2.23. The van der Waals surface area contributed by atoms with Crippen LogP contribution in [0.4, 0.5) is 5.69 Å². The molecule has 0 aromatic heterocycles. The van der Waals surface area contributed by atoms with Crippen LogP contribution < -0.4 is 9.64 Å². The number of carbonyl (C=O) groups is 1. The maximum Gasteiger partial charge on any atom is 0.246 e. The Labute approximate surface area is 159 Å². The third kappa shape index (κ3) is 2.36. The minimum atomic E-state index is -0.801. The van der Waals surface area contributed by atoms with Crippen molar-refractivity contribution in [2.24, 2.45) is 4.99 Å². The van der Waals surface area contributed by atoms with Crippen LogP contribution >= 0.6 is 0 Å². The summed E-state index contributed by atoms with van der Waals surface area (Å²) in [5, 5.41) is 0. The maximum atomic E-state index is 13.7. The standard InChI is InChI=1S/C23H22N2O2/c1-5-17(24-6-2)13-25-20-10-8-7-9-18(20)23(22(25)26)14-27-21-12-16(4)15(3)11-19(21)23/h5-12H,1-2,13-14H2,3-4H3. The van der Waals surface area contributed by atoms with Gasteiger partial charge in [0.1, 0.15) is 17.8 Å². The van der Waals surface area contributed by atoms with Crippen LogP contribution in [0.15, 0.2) is 66.8 Å². The number of amides is 1. The van der Waals surface area contributed by atoms with Crippen LogP contribution in [0.2, 0.25) is 0 Å². The van der Waals surface area contributed by atoms with Crippen LogP contribution in [0.3, 0.4) is 0 Å². The van der Waals surface area contributed by atoms with E-state index in [0.717, 1.165) is 33.7 Å². The maximum absolute atomic E-state index is 13.7. The largest absolute Gasteiger partial charge is 0.491 e. The molecule has 2 aliphatic heterocycles. The Bertz CT molecular complexity index is 1010. The first-order chi connectivity index (χ1) is 13.0. The summed E-state index contributed by atoms with van der Waals surface area (Å²) in [4.78, 5) is 19.8. The predicted molar refractivity (Wildman–Crippen MR) is 109 cm³/mol. The smallest absolute Gasteiger partial charge is 0.246 e. The number of nitrogens with zero attached hydrogens (tertiary/aromatic N) is 2.